The molecule has 0 saturated heterocycles. The summed E-state index contributed by atoms with van der Waals surface area (Å²) in [7, 11) is 1.53. The first kappa shape index (κ1) is 28.9. The number of ether oxygens (including phenoxy) is 1. The molecule has 1 amide bonds. The zero-order valence-electron chi connectivity index (χ0n) is 22.7. The summed E-state index contributed by atoms with van der Waals surface area (Å²) in [5.74, 6) is 1.32. The highest BCUT2D eigenvalue weighted by atomic mass is 35.5. The van der Waals surface area contributed by atoms with E-state index in [1.54, 1.807) is 36.4 Å². The molecule has 4 rings (SSSR count). The second kappa shape index (κ2) is 13.3. The van der Waals surface area contributed by atoms with Crippen LogP contribution in [-0.4, -0.2) is 30.8 Å². The molecule has 0 aliphatic carbocycles. The summed E-state index contributed by atoms with van der Waals surface area (Å²) in [5.41, 5.74) is 4.65. The van der Waals surface area contributed by atoms with Crippen LogP contribution in [0.5, 0.6) is 5.75 Å². The van der Waals surface area contributed by atoms with Crippen LogP contribution in [-0.2, 0) is 13.0 Å². The van der Waals surface area contributed by atoms with Crippen LogP contribution in [0.2, 0.25) is 5.02 Å². The number of aliphatic hydroxyl groups excluding tert-OH is 1. The average molecular weight is 558 g/mol. The van der Waals surface area contributed by atoms with Crippen LogP contribution in [0, 0.1) is 18.3 Å². The summed E-state index contributed by atoms with van der Waals surface area (Å²) in [6.45, 7) is 4.42. The Morgan fingerprint density at radius 3 is 2.48 bits per heavy atom. The second-order valence-electron chi connectivity index (χ2n) is 9.68. The van der Waals surface area contributed by atoms with E-state index in [2.05, 4.69) is 54.8 Å². The number of amides is 1. The Kier molecular flexibility index (Phi) is 9.62. The summed E-state index contributed by atoms with van der Waals surface area (Å²) in [6, 6.07) is 24.0. The van der Waals surface area contributed by atoms with Crippen LogP contribution in [0.3, 0.4) is 0 Å². The summed E-state index contributed by atoms with van der Waals surface area (Å²) in [5, 5.41) is 25.4. The van der Waals surface area contributed by atoms with E-state index in [1.807, 2.05) is 12.1 Å². The molecule has 40 heavy (non-hydrogen) atoms. The Morgan fingerprint density at radius 1 is 1.10 bits per heavy atom. The zero-order chi connectivity index (χ0) is 28.6. The number of hydrogen-bond donors (Lipinski definition) is 3. The van der Waals surface area contributed by atoms with Crippen molar-refractivity contribution in [2.75, 3.05) is 13.7 Å². The number of carbonyl (C=O) groups is 1. The van der Waals surface area contributed by atoms with Crippen molar-refractivity contribution in [1.82, 2.24) is 10.6 Å². The molecule has 0 fully saturated rings. The number of benzene rings is 3. The Hall–Kier alpha value is -4.09. The number of halogens is 1. The molecule has 0 saturated carbocycles. The Labute approximate surface area is 239 Å². The lowest BCUT2D eigenvalue weighted by Gasteiger charge is -2.18. The number of rotatable bonds is 11. The molecule has 7 nitrogen and oxygen atoms in total. The fourth-order valence-electron chi connectivity index (χ4n) is 4.36. The number of methoxy groups -OCH3 is 1. The number of nitrogens with zero attached hydrogens (tertiary/aromatic N) is 1. The van der Waals surface area contributed by atoms with Crippen molar-refractivity contribution in [1.29, 1.82) is 5.26 Å². The van der Waals surface area contributed by atoms with Gasteiger partial charge in [0.2, 0.25) is 0 Å². The molecular formula is C32H32ClN3O4. The van der Waals surface area contributed by atoms with Crippen LogP contribution in [0.1, 0.15) is 51.3 Å². The zero-order valence-corrected chi connectivity index (χ0v) is 23.5. The third kappa shape index (κ3) is 7.10. The average Bonchev–Trinajstić information content (AvgIpc) is 3.44. The number of aliphatic hydroxyl groups is 1. The minimum atomic E-state index is -0.543. The number of nitriles is 1. The maximum absolute atomic E-state index is 13.2. The maximum atomic E-state index is 13.2. The molecule has 3 N–H and O–H groups in total. The van der Waals surface area contributed by atoms with Crippen molar-refractivity contribution in [3.63, 3.8) is 0 Å². The second-order valence-corrected chi connectivity index (χ2v) is 10.1. The smallest absolute Gasteiger partial charge is 0.253 e. The van der Waals surface area contributed by atoms with Crippen molar-refractivity contribution < 1.29 is 19.1 Å². The Morgan fingerprint density at radius 2 is 1.82 bits per heavy atom. The van der Waals surface area contributed by atoms with Gasteiger partial charge in [0.05, 0.1) is 54.1 Å². The molecule has 2 unspecified atom stereocenters. The molecule has 3 aromatic carbocycles. The van der Waals surface area contributed by atoms with Gasteiger partial charge in [-0.15, -0.1) is 0 Å². The topological polar surface area (TPSA) is 108 Å². The van der Waals surface area contributed by atoms with E-state index in [-0.39, 0.29) is 23.2 Å². The number of carbonyl (C=O) groups excluding carboxylic acids is 1. The van der Waals surface area contributed by atoms with Crippen molar-refractivity contribution in [3.05, 3.63) is 111 Å². The fraction of sp³-hybridized carbons (Fsp3) is 0.250. The van der Waals surface area contributed by atoms with E-state index in [0.29, 0.717) is 35.6 Å². The van der Waals surface area contributed by atoms with Gasteiger partial charge in [-0.05, 0) is 61.7 Å². The highest BCUT2D eigenvalue weighted by molar-refractivity contribution is 6.34. The molecule has 1 aromatic heterocycles. The first-order chi connectivity index (χ1) is 19.3. The lowest BCUT2D eigenvalue weighted by molar-refractivity contribution is 0.0916. The van der Waals surface area contributed by atoms with E-state index in [4.69, 9.17) is 26.0 Å². The molecule has 0 spiro atoms. The van der Waals surface area contributed by atoms with Crippen LogP contribution in [0.15, 0.2) is 77.2 Å². The minimum Gasteiger partial charge on any atom is -0.496 e. The normalized spacial score (nSPS) is 12.4. The van der Waals surface area contributed by atoms with Crippen molar-refractivity contribution in [2.24, 2.45) is 0 Å². The number of hydrogen-bond acceptors (Lipinski definition) is 6. The summed E-state index contributed by atoms with van der Waals surface area (Å²) in [6.07, 6.45) is 0.393. The van der Waals surface area contributed by atoms with Crippen LogP contribution >= 0.6 is 11.6 Å². The van der Waals surface area contributed by atoms with Gasteiger partial charge in [-0.25, -0.2) is 0 Å². The number of furan rings is 1. The fourth-order valence-corrected chi connectivity index (χ4v) is 4.60. The van der Waals surface area contributed by atoms with Crippen LogP contribution < -0.4 is 15.4 Å². The van der Waals surface area contributed by atoms with Gasteiger partial charge in [0.25, 0.3) is 5.91 Å². The summed E-state index contributed by atoms with van der Waals surface area (Å²) >= 11 is 6.47. The lowest BCUT2D eigenvalue weighted by Crippen LogP contribution is -2.39. The van der Waals surface area contributed by atoms with Crippen LogP contribution in [0.4, 0.5) is 0 Å². The van der Waals surface area contributed by atoms with E-state index >= 15 is 0 Å². The van der Waals surface area contributed by atoms with Gasteiger partial charge in [-0.2, -0.15) is 5.26 Å². The highest BCUT2D eigenvalue weighted by Gasteiger charge is 2.21. The largest absolute Gasteiger partial charge is 0.496 e. The third-order valence-electron chi connectivity index (χ3n) is 6.74. The number of nitrogens with one attached hydrogen (secondary N) is 2. The highest BCUT2D eigenvalue weighted by Crippen LogP contribution is 2.36. The summed E-state index contributed by atoms with van der Waals surface area (Å²) in [4.78, 5) is 13.2. The maximum Gasteiger partial charge on any atom is 0.253 e. The molecule has 0 radical (unpaired) electrons. The molecule has 0 aliphatic heterocycles. The predicted octanol–water partition coefficient (Wildman–Crippen LogP) is 5.97. The van der Waals surface area contributed by atoms with Gasteiger partial charge in [0, 0.05) is 12.1 Å². The number of aryl methyl sites for hydroxylation is 1. The van der Waals surface area contributed by atoms with E-state index in [0.717, 1.165) is 11.3 Å². The predicted molar refractivity (Wildman–Crippen MR) is 155 cm³/mol. The monoisotopic (exact) mass is 557 g/mol. The van der Waals surface area contributed by atoms with Crippen LogP contribution in [0.25, 0.3) is 11.3 Å². The van der Waals surface area contributed by atoms with Gasteiger partial charge < -0.3 is 24.9 Å². The minimum absolute atomic E-state index is 0.137. The molecule has 2 atom stereocenters. The standard InChI is InChI=1S/C32H32ClN3O4/c1-20-4-10-24(11-5-20)21(2)35-18-26-12-13-30(40-26)28-15-27(29(33)16-31(28)39-3)32(38)36-25(19-37)14-22-6-8-23(17-34)9-7-22/h4-13,15-16,21,25,35,37H,14,18-19H2,1-3H3,(H,36,38). The van der Waals surface area contributed by atoms with Crippen molar-refractivity contribution in [3.8, 4) is 23.1 Å². The molecule has 1 heterocycles. The summed E-state index contributed by atoms with van der Waals surface area (Å²) < 4.78 is 11.6. The molecule has 0 aliphatic rings. The van der Waals surface area contributed by atoms with Gasteiger partial charge in [-0.3, -0.25) is 4.79 Å². The van der Waals surface area contributed by atoms with E-state index < -0.39 is 11.9 Å². The molecular weight excluding hydrogens is 526 g/mol. The van der Waals surface area contributed by atoms with Crippen molar-refractivity contribution in [2.45, 2.75) is 38.9 Å². The molecule has 206 valence electrons. The van der Waals surface area contributed by atoms with Gasteiger partial charge in [0.1, 0.15) is 17.3 Å². The van der Waals surface area contributed by atoms with E-state index in [1.165, 1.54) is 18.2 Å². The first-order valence-electron chi connectivity index (χ1n) is 13.0. The van der Waals surface area contributed by atoms with Gasteiger partial charge in [0.15, 0.2) is 0 Å². The van der Waals surface area contributed by atoms with E-state index in [9.17, 15) is 9.90 Å². The van der Waals surface area contributed by atoms with Gasteiger partial charge in [-0.1, -0.05) is 53.6 Å². The van der Waals surface area contributed by atoms with Gasteiger partial charge >= 0.3 is 0 Å². The SMILES string of the molecule is COc1cc(Cl)c(C(=O)NC(CO)Cc2ccc(C#N)cc2)cc1-c1ccc(CNC(C)c2ccc(C)cc2)o1. The molecule has 4 aromatic rings. The lowest BCUT2D eigenvalue weighted by atomic mass is 10.0. The van der Waals surface area contributed by atoms with Crippen molar-refractivity contribution >= 4 is 17.5 Å². The molecule has 0 bridgehead atoms. The molecule has 8 heteroatoms. The Bertz CT molecular complexity index is 1490. The Balaban J connectivity index is 1.48. The third-order valence-corrected chi connectivity index (χ3v) is 7.05. The first-order valence-corrected chi connectivity index (χ1v) is 13.4. The quantitative estimate of drug-likeness (QED) is 0.210.